The molecule has 0 aromatic heterocycles. The van der Waals surface area contributed by atoms with Crippen LogP contribution in [0.25, 0.3) is 0 Å². The maximum Gasteiger partial charge on any atom is 0.214 e. The van der Waals surface area contributed by atoms with Gasteiger partial charge in [0.15, 0.2) is 6.10 Å². The minimum Gasteiger partial charge on any atom is -0.497 e. The number of fused-ring (bicyclic) bond motifs is 4. The Morgan fingerprint density at radius 1 is 1.09 bits per heavy atom. The molecule has 0 unspecified atom stereocenters. The van der Waals surface area contributed by atoms with Gasteiger partial charge in [-0.2, -0.15) is 0 Å². The van der Waals surface area contributed by atoms with Crippen LogP contribution in [-0.2, 0) is 22.5 Å². The van der Waals surface area contributed by atoms with Gasteiger partial charge in [0.2, 0.25) is 5.79 Å². The zero-order chi connectivity index (χ0) is 15.2. The number of ether oxygens (including phenoxy) is 4. The molecular formula is C18H18O4. The molecule has 0 amide bonds. The third kappa shape index (κ3) is 1.91. The van der Waals surface area contributed by atoms with Crippen molar-refractivity contribution in [1.82, 2.24) is 0 Å². The summed E-state index contributed by atoms with van der Waals surface area (Å²) in [5.74, 6) is 0.849. The Morgan fingerprint density at radius 3 is 2.77 bits per heavy atom. The predicted octanol–water partition coefficient (Wildman–Crippen LogP) is 3.24. The normalized spacial score (nSPS) is 25.5. The van der Waals surface area contributed by atoms with E-state index < -0.39 is 5.79 Å². The summed E-state index contributed by atoms with van der Waals surface area (Å²) in [7, 11) is 3.34. The van der Waals surface area contributed by atoms with Crippen LogP contribution in [0.3, 0.4) is 0 Å². The Labute approximate surface area is 129 Å². The van der Waals surface area contributed by atoms with E-state index in [4.69, 9.17) is 18.9 Å². The lowest BCUT2D eigenvalue weighted by atomic mass is 9.87. The quantitative estimate of drug-likeness (QED) is 0.853. The SMILES string of the molecule is COc1ccc2c(c1)O[C@@H]1c3ccccc3CO[C@]1(OC)C2. The van der Waals surface area contributed by atoms with Gasteiger partial charge in [-0.25, -0.2) is 0 Å². The number of hydrogen-bond donors (Lipinski definition) is 0. The number of hydrogen-bond acceptors (Lipinski definition) is 4. The first-order valence-electron chi connectivity index (χ1n) is 7.36. The van der Waals surface area contributed by atoms with Gasteiger partial charge in [0.05, 0.1) is 13.7 Å². The molecule has 0 fully saturated rings. The highest BCUT2D eigenvalue weighted by Crippen LogP contribution is 2.48. The fourth-order valence-electron chi connectivity index (χ4n) is 3.28. The van der Waals surface area contributed by atoms with E-state index in [1.54, 1.807) is 14.2 Å². The highest BCUT2D eigenvalue weighted by Gasteiger charge is 2.50. The van der Waals surface area contributed by atoms with Gasteiger partial charge in [0, 0.05) is 25.2 Å². The van der Waals surface area contributed by atoms with Crippen molar-refractivity contribution in [1.29, 1.82) is 0 Å². The smallest absolute Gasteiger partial charge is 0.214 e. The van der Waals surface area contributed by atoms with Crippen LogP contribution in [0.2, 0.25) is 0 Å². The Balaban J connectivity index is 1.82. The molecule has 2 aromatic carbocycles. The van der Waals surface area contributed by atoms with Crippen LogP contribution in [-0.4, -0.2) is 20.0 Å². The second-order valence-electron chi connectivity index (χ2n) is 5.65. The van der Waals surface area contributed by atoms with Crippen molar-refractivity contribution >= 4 is 0 Å². The fraction of sp³-hybridized carbons (Fsp3) is 0.333. The van der Waals surface area contributed by atoms with Crippen LogP contribution >= 0.6 is 0 Å². The van der Waals surface area contributed by atoms with Gasteiger partial charge in [0.25, 0.3) is 0 Å². The summed E-state index contributed by atoms with van der Waals surface area (Å²) in [6, 6.07) is 14.1. The zero-order valence-electron chi connectivity index (χ0n) is 12.7. The average Bonchev–Trinajstić information content (AvgIpc) is 2.59. The lowest BCUT2D eigenvalue weighted by Gasteiger charge is -2.46. The van der Waals surface area contributed by atoms with Gasteiger partial charge in [-0.15, -0.1) is 0 Å². The van der Waals surface area contributed by atoms with Gasteiger partial charge < -0.3 is 18.9 Å². The van der Waals surface area contributed by atoms with Crippen molar-refractivity contribution in [2.45, 2.75) is 24.9 Å². The van der Waals surface area contributed by atoms with Crippen LogP contribution in [0.1, 0.15) is 22.8 Å². The summed E-state index contributed by atoms with van der Waals surface area (Å²) < 4.78 is 23.4. The second-order valence-corrected chi connectivity index (χ2v) is 5.65. The Kier molecular flexibility index (Phi) is 3.10. The summed E-state index contributed by atoms with van der Waals surface area (Å²) in [6.45, 7) is 0.537. The first-order valence-corrected chi connectivity index (χ1v) is 7.36. The molecule has 0 spiro atoms. The predicted molar refractivity (Wildman–Crippen MR) is 81.0 cm³/mol. The van der Waals surface area contributed by atoms with E-state index in [0.29, 0.717) is 13.0 Å². The van der Waals surface area contributed by atoms with E-state index in [1.165, 1.54) is 0 Å². The van der Waals surface area contributed by atoms with Crippen LogP contribution < -0.4 is 9.47 Å². The Hall–Kier alpha value is -2.04. The molecule has 2 aromatic rings. The molecule has 2 aliphatic rings. The molecule has 0 saturated carbocycles. The molecule has 0 aliphatic carbocycles. The number of rotatable bonds is 2. The lowest BCUT2D eigenvalue weighted by Crippen LogP contribution is -2.50. The molecule has 2 aliphatic heterocycles. The van der Waals surface area contributed by atoms with Crippen molar-refractivity contribution < 1.29 is 18.9 Å². The minimum absolute atomic E-state index is 0.276. The number of methoxy groups -OCH3 is 2. The third-order valence-electron chi connectivity index (χ3n) is 4.51. The molecule has 0 radical (unpaired) electrons. The van der Waals surface area contributed by atoms with Crippen molar-refractivity contribution in [2.24, 2.45) is 0 Å². The topological polar surface area (TPSA) is 36.9 Å². The van der Waals surface area contributed by atoms with Gasteiger partial charge in [0.1, 0.15) is 11.5 Å². The first kappa shape index (κ1) is 13.6. The lowest BCUT2D eigenvalue weighted by molar-refractivity contribution is -0.287. The van der Waals surface area contributed by atoms with E-state index in [-0.39, 0.29) is 6.10 Å². The second kappa shape index (κ2) is 5.00. The standard InChI is InChI=1S/C18H18O4/c1-19-14-8-7-12-10-18(20-2)17(22-16(12)9-14)15-6-4-3-5-13(15)11-21-18/h3-9,17H,10-11H2,1-2H3/t17-,18-/m1/s1. The van der Waals surface area contributed by atoms with Crippen LogP contribution in [0.5, 0.6) is 11.5 Å². The molecule has 22 heavy (non-hydrogen) atoms. The van der Waals surface area contributed by atoms with E-state index in [0.717, 1.165) is 28.2 Å². The average molecular weight is 298 g/mol. The molecule has 0 saturated heterocycles. The molecule has 2 atom stereocenters. The van der Waals surface area contributed by atoms with Crippen LogP contribution in [0.15, 0.2) is 42.5 Å². The van der Waals surface area contributed by atoms with Gasteiger partial charge in [-0.05, 0) is 17.2 Å². The van der Waals surface area contributed by atoms with Gasteiger partial charge in [-0.3, -0.25) is 0 Å². The van der Waals surface area contributed by atoms with Crippen molar-refractivity contribution in [3.8, 4) is 11.5 Å². The third-order valence-corrected chi connectivity index (χ3v) is 4.51. The van der Waals surface area contributed by atoms with Crippen molar-refractivity contribution in [3.05, 3.63) is 59.2 Å². The maximum atomic E-state index is 6.27. The highest BCUT2D eigenvalue weighted by atomic mass is 16.7. The van der Waals surface area contributed by atoms with Gasteiger partial charge >= 0.3 is 0 Å². The van der Waals surface area contributed by atoms with E-state index in [9.17, 15) is 0 Å². The Bertz CT molecular complexity index is 712. The molecule has 114 valence electrons. The zero-order valence-corrected chi connectivity index (χ0v) is 12.7. The summed E-state index contributed by atoms with van der Waals surface area (Å²) in [5, 5.41) is 0. The molecule has 0 N–H and O–H groups in total. The Morgan fingerprint density at radius 2 is 1.95 bits per heavy atom. The fourth-order valence-corrected chi connectivity index (χ4v) is 3.28. The molecule has 2 heterocycles. The van der Waals surface area contributed by atoms with Crippen LogP contribution in [0.4, 0.5) is 0 Å². The van der Waals surface area contributed by atoms with E-state index in [1.807, 2.05) is 30.3 Å². The maximum absolute atomic E-state index is 6.27. The molecule has 4 rings (SSSR count). The van der Waals surface area contributed by atoms with Gasteiger partial charge in [-0.1, -0.05) is 30.3 Å². The monoisotopic (exact) mass is 298 g/mol. The minimum atomic E-state index is -0.768. The molecule has 0 bridgehead atoms. The number of benzene rings is 2. The van der Waals surface area contributed by atoms with E-state index >= 15 is 0 Å². The van der Waals surface area contributed by atoms with Crippen LogP contribution in [0, 0.1) is 0 Å². The van der Waals surface area contributed by atoms with Crippen molar-refractivity contribution in [3.63, 3.8) is 0 Å². The van der Waals surface area contributed by atoms with Crippen molar-refractivity contribution in [2.75, 3.05) is 14.2 Å². The molecular weight excluding hydrogens is 280 g/mol. The summed E-state index contributed by atoms with van der Waals surface area (Å²) in [6.07, 6.45) is 0.379. The largest absolute Gasteiger partial charge is 0.497 e. The van der Waals surface area contributed by atoms with E-state index in [2.05, 4.69) is 12.1 Å². The summed E-state index contributed by atoms with van der Waals surface area (Å²) in [5.41, 5.74) is 3.34. The summed E-state index contributed by atoms with van der Waals surface area (Å²) in [4.78, 5) is 0. The highest BCUT2D eigenvalue weighted by molar-refractivity contribution is 5.45. The molecule has 4 heteroatoms. The summed E-state index contributed by atoms with van der Waals surface area (Å²) >= 11 is 0. The first-order chi connectivity index (χ1) is 10.8. The molecule has 4 nitrogen and oxygen atoms in total.